The summed E-state index contributed by atoms with van der Waals surface area (Å²) in [6.07, 6.45) is 1.08. The van der Waals surface area contributed by atoms with Gasteiger partial charge in [0.25, 0.3) is 0 Å². The van der Waals surface area contributed by atoms with Crippen molar-refractivity contribution < 1.29 is 4.39 Å². The lowest BCUT2D eigenvalue weighted by Gasteiger charge is -2.12. The van der Waals surface area contributed by atoms with Crippen LogP contribution in [0.3, 0.4) is 0 Å². The fourth-order valence-corrected chi connectivity index (χ4v) is 1.92. The molecule has 0 radical (unpaired) electrons. The largest absolute Gasteiger partial charge is 0.207 e. The monoisotopic (exact) mass is 202 g/mol. The molecule has 0 saturated heterocycles. The van der Waals surface area contributed by atoms with Crippen molar-refractivity contribution in [1.82, 2.24) is 0 Å². The third-order valence-corrected chi connectivity index (χ3v) is 3.02. The number of hydrogen-bond acceptors (Lipinski definition) is 0. The van der Waals surface area contributed by atoms with Crippen molar-refractivity contribution in [2.24, 2.45) is 0 Å². The normalized spacial score (nSPS) is 13.0. The first kappa shape index (κ1) is 10.2. The molecule has 0 bridgehead atoms. The molecule has 1 atom stereocenters. The fraction of sp³-hybridized carbons (Fsp3) is 0.286. The van der Waals surface area contributed by atoms with E-state index in [-0.39, 0.29) is 5.82 Å². The van der Waals surface area contributed by atoms with Gasteiger partial charge in [0, 0.05) is 0 Å². The van der Waals surface area contributed by atoms with Crippen molar-refractivity contribution in [1.29, 1.82) is 0 Å². The van der Waals surface area contributed by atoms with Crippen LogP contribution in [0.4, 0.5) is 4.39 Å². The van der Waals surface area contributed by atoms with Crippen LogP contribution in [0.5, 0.6) is 0 Å². The van der Waals surface area contributed by atoms with Crippen LogP contribution in [0.25, 0.3) is 10.8 Å². The van der Waals surface area contributed by atoms with E-state index in [1.54, 1.807) is 6.07 Å². The van der Waals surface area contributed by atoms with Crippen molar-refractivity contribution >= 4 is 10.8 Å². The average molecular weight is 202 g/mol. The van der Waals surface area contributed by atoms with Crippen LogP contribution in [0.1, 0.15) is 31.7 Å². The first-order valence-electron chi connectivity index (χ1n) is 5.40. The number of rotatable bonds is 2. The molecule has 0 amide bonds. The van der Waals surface area contributed by atoms with Gasteiger partial charge in [-0.15, -0.1) is 0 Å². The van der Waals surface area contributed by atoms with Gasteiger partial charge < -0.3 is 0 Å². The molecule has 0 fully saturated rings. The lowest BCUT2D eigenvalue weighted by Crippen LogP contribution is -1.93. The van der Waals surface area contributed by atoms with Gasteiger partial charge in [-0.05, 0) is 40.8 Å². The molecule has 0 nitrogen and oxygen atoms in total. The molecule has 15 heavy (non-hydrogen) atoms. The molecule has 78 valence electrons. The Balaban J connectivity index is 2.68. The quantitative estimate of drug-likeness (QED) is 0.673. The Kier molecular flexibility index (Phi) is 2.72. The van der Waals surface area contributed by atoms with Gasteiger partial charge in [-0.25, -0.2) is 4.39 Å². The van der Waals surface area contributed by atoms with Gasteiger partial charge >= 0.3 is 0 Å². The summed E-state index contributed by atoms with van der Waals surface area (Å²) in [5, 5.41) is 2.17. The SMILES string of the molecule is CCC(C)c1cccc2ccc(F)cc12. The second kappa shape index (κ2) is 4.01. The summed E-state index contributed by atoms with van der Waals surface area (Å²) in [5.41, 5.74) is 1.24. The highest BCUT2D eigenvalue weighted by Crippen LogP contribution is 2.27. The van der Waals surface area contributed by atoms with Gasteiger partial charge in [0.15, 0.2) is 0 Å². The standard InChI is InChI=1S/C14H15F/c1-3-10(2)13-6-4-5-11-7-8-12(15)9-14(11)13/h4-10H,3H2,1-2H3. The molecule has 0 heterocycles. The third-order valence-electron chi connectivity index (χ3n) is 3.02. The Bertz CT molecular complexity index is 474. The Morgan fingerprint density at radius 2 is 2.00 bits per heavy atom. The van der Waals surface area contributed by atoms with E-state index < -0.39 is 0 Å². The molecular formula is C14H15F. The maximum atomic E-state index is 13.2. The molecule has 0 aliphatic rings. The molecule has 0 aromatic heterocycles. The molecule has 0 aliphatic heterocycles. The lowest BCUT2D eigenvalue weighted by molar-refractivity contribution is 0.629. The van der Waals surface area contributed by atoms with Gasteiger partial charge in [0.2, 0.25) is 0 Å². The van der Waals surface area contributed by atoms with Gasteiger partial charge in [-0.2, -0.15) is 0 Å². The summed E-state index contributed by atoms with van der Waals surface area (Å²) in [7, 11) is 0. The molecule has 2 aromatic carbocycles. The van der Waals surface area contributed by atoms with Crippen LogP contribution in [0, 0.1) is 5.82 Å². The predicted octanol–water partition coefficient (Wildman–Crippen LogP) is 4.49. The molecule has 2 rings (SSSR count). The summed E-state index contributed by atoms with van der Waals surface area (Å²) in [6.45, 7) is 4.34. The number of fused-ring (bicyclic) bond motifs is 1. The smallest absolute Gasteiger partial charge is 0.123 e. The van der Waals surface area contributed by atoms with Crippen molar-refractivity contribution in [3.05, 3.63) is 47.8 Å². The summed E-state index contributed by atoms with van der Waals surface area (Å²) >= 11 is 0. The minimum absolute atomic E-state index is 0.154. The Morgan fingerprint density at radius 1 is 1.20 bits per heavy atom. The Labute approximate surface area is 89.7 Å². The van der Waals surface area contributed by atoms with Gasteiger partial charge in [-0.3, -0.25) is 0 Å². The van der Waals surface area contributed by atoms with Crippen molar-refractivity contribution in [2.75, 3.05) is 0 Å². The molecular weight excluding hydrogens is 187 g/mol. The fourth-order valence-electron chi connectivity index (χ4n) is 1.92. The molecule has 0 spiro atoms. The van der Waals surface area contributed by atoms with Crippen LogP contribution in [0.15, 0.2) is 36.4 Å². The topological polar surface area (TPSA) is 0 Å². The maximum Gasteiger partial charge on any atom is 0.123 e. The van der Waals surface area contributed by atoms with E-state index in [1.165, 1.54) is 11.6 Å². The van der Waals surface area contributed by atoms with Gasteiger partial charge in [0.05, 0.1) is 0 Å². The van der Waals surface area contributed by atoms with Crippen LogP contribution in [-0.4, -0.2) is 0 Å². The molecule has 1 heteroatoms. The van der Waals surface area contributed by atoms with E-state index in [0.717, 1.165) is 17.2 Å². The van der Waals surface area contributed by atoms with E-state index in [4.69, 9.17) is 0 Å². The highest BCUT2D eigenvalue weighted by Gasteiger charge is 2.07. The number of hydrogen-bond donors (Lipinski definition) is 0. The second-order valence-corrected chi connectivity index (χ2v) is 4.02. The van der Waals surface area contributed by atoms with Gasteiger partial charge in [-0.1, -0.05) is 38.1 Å². The van der Waals surface area contributed by atoms with E-state index in [9.17, 15) is 4.39 Å². The molecule has 0 N–H and O–H groups in total. The van der Waals surface area contributed by atoms with Crippen molar-refractivity contribution in [2.45, 2.75) is 26.2 Å². The first-order valence-corrected chi connectivity index (χ1v) is 5.40. The van der Waals surface area contributed by atoms with E-state index >= 15 is 0 Å². The summed E-state index contributed by atoms with van der Waals surface area (Å²) in [4.78, 5) is 0. The highest BCUT2D eigenvalue weighted by molar-refractivity contribution is 5.86. The molecule has 0 aliphatic carbocycles. The van der Waals surface area contributed by atoms with Crippen molar-refractivity contribution in [3.63, 3.8) is 0 Å². The summed E-state index contributed by atoms with van der Waals surface area (Å²) in [6, 6.07) is 11.2. The molecule has 2 aromatic rings. The Morgan fingerprint density at radius 3 is 2.73 bits per heavy atom. The zero-order valence-corrected chi connectivity index (χ0v) is 9.13. The zero-order chi connectivity index (χ0) is 10.8. The van der Waals surface area contributed by atoms with Crippen LogP contribution in [0.2, 0.25) is 0 Å². The lowest BCUT2D eigenvalue weighted by atomic mass is 9.93. The predicted molar refractivity (Wildman–Crippen MR) is 62.6 cm³/mol. The van der Waals surface area contributed by atoms with Crippen molar-refractivity contribution in [3.8, 4) is 0 Å². The van der Waals surface area contributed by atoms with E-state index in [2.05, 4.69) is 19.9 Å². The molecule has 0 saturated carbocycles. The van der Waals surface area contributed by atoms with Crippen LogP contribution in [-0.2, 0) is 0 Å². The Hall–Kier alpha value is -1.37. The van der Waals surface area contributed by atoms with Gasteiger partial charge in [0.1, 0.15) is 5.82 Å². The second-order valence-electron chi connectivity index (χ2n) is 4.02. The third kappa shape index (κ3) is 1.87. The minimum atomic E-state index is -0.154. The first-order chi connectivity index (χ1) is 7.22. The minimum Gasteiger partial charge on any atom is -0.207 e. The number of halogens is 1. The highest BCUT2D eigenvalue weighted by atomic mass is 19.1. The summed E-state index contributed by atoms with van der Waals surface area (Å²) in [5.74, 6) is 0.328. The van der Waals surface area contributed by atoms with Crippen LogP contribution >= 0.6 is 0 Å². The number of benzene rings is 2. The average Bonchev–Trinajstić information content (AvgIpc) is 2.27. The van der Waals surface area contributed by atoms with Crippen LogP contribution < -0.4 is 0 Å². The van der Waals surface area contributed by atoms with E-state index in [1.807, 2.05) is 18.2 Å². The zero-order valence-electron chi connectivity index (χ0n) is 9.13. The maximum absolute atomic E-state index is 13.2. The molecule has 1 unspecified atom stereocenters. The van der Waals surface area contributed by atoms with E-state index in [0.29, 0.717) is 5.92 Å². The summed E-state index contributed by atoms with van der Waals surface area (Å²) < 4.78 is 13.2.